The summed E-state index contributed by atoms with van der Waals surface area (Å²) in [5, 5.41) is 8.42. The summed E-state index contributed by atoms with van der Waals surface area (Å²) in [5.74, 6) is 4.17. The molecule has 2 aromatic carbocycles. The molecule has 1 aromatic heterocycles. The third kappa shape index (κ3) is 5.44. The molecule has 2 bridgehead atoms. The van der Waals surface area contributed by atoms with Crippen LogP contribution in [0.25, 0.3) is 10.9 Å². The van der Waals surface area contributed by atoms with Crippen LogP contribution in [-0.2, 0) is 13.7 Å². The van der Waals surface area contributed by atoms with Gasteiger partial charge in [-0.05, 0) is 85.4 Å². The molecule has 9 heteroatoms. The van der Waals surface area contributed by atoms with E-state index in [4.69, 9.17) is 26.3 Å². The lowest BCUT2D eigenvalue weighted by Crippen LogP contribution is -2.57. The number of hydrogen-bond donors (Lipinski definition) is 2. The van der Waals surface area contributed by atoms with Gasteiger partial charge in [0, 0.05) is 43.4 Å². The number of aromatic nitrogens is 2. The number of fused-ring (bicyclic) bond motifs is 3. The second-order valence-corrected chi connectivity index (χ2v) is 13.2. The standard InChI is InChI=1S/C32H41ClN6O2/c1-19-17-39(13-12-34-19)31(37-27-15-21-14-26(20(27)2)32(21,3)4)35-23-8-11-25-28(16-23)36-29(38(5)30(25)40)18-41-24-9-6-22(33)7-10-24/h6-11,16,19-21,26-27,34H,12-15,17-18H2,1-5H3,(H,35,37)/t19-,20-,21-,26+,27?/m0/s1. The quantitative estimate of drug-likeness (QED) is 0.317. The van der Waals surface area contributed by atoms with Crippen LogP contribution in [-0.4, -0.2) is 52.1 Å². The lowest BCUT2D eigenvalue weighted by atomic mass is 9.45. The van der Waals surface area contributed by atoms with E-state index in [1.165, 1.54) is 6.42 Å². The van der Waals surface area contributed by atoms with Crippen molar-refractivity contribution < 1.29 is 4.74 Å². The first-order valence-corrected chi connectivity index (χ1v) is 15.2. The van der Waals surface area contributed by atoms with E-state index < -0.39 is 0 Å². The van der Waals surface area contributed by atoms with Gasteiger partial charge in [-0.15, -0.1) is 0 Å². The second-order valence-electron chi connectivity index (χ2n) is 12.8. The fourth-order valence-electron chi connectivity index (χ4n) is 7.10. The van der Waals surface area contributed by atoms with Gasteiger partial charge in [-0.2, -0.15) is 0 Å². The summed E-state index contributed by atoms with van der Waals surface area (Å²) in [4.78, 5) is 25.8. The number of aliphatic imine (C=N–C) groups is 1. The van der Waals surface area contributed by atoms with Crippen LogP contribution in [0.15, 0.2) is 52.3 Å². The van der Waals surface area contributed by atoms with Crippen LogP contribution >= 0.6 is 11.6 Å². The van der Waals surface area contributed by atoms with Gasteiger partial charge in [-0.25, -0.2) is 9.98 Å². The van der Waals surface area contributed by atoms with Crippen molar-refractivity contribution >= 4 is 34.2 Å². The van der Waals surface area contributed by atoms with Gasteiger partial charge in [-0.1, -0.05) is 32.4 Å². The molecule has 0 amide bonds. The van der Waals surface area contributed by atoms with E-state index in [2.05, 4.69) is 43.2 Å². The van der Waals surface area contributed by atoms with Crippen LogP contribution in [0.2, 0.25) is 5.02 Å². The first-order chi connectivity index (χ1) is 19.6. The Morgan fingerprint density at radius 3 is 2.68 bits per heavy atom. The van der Waals surface area contributed by atoms with Gasteiger partial charge in [0.25, 0.3) is 5.56 Å². The van der Waals surface area contributed by atoms with E-state index in [0.29, 0.717) is 50.9 Å². The molecule has 41 heavy (non-hydrogen) atoms. The molecule has 0 spiro atoms. The number of piperazine rings is 1. The van der Waals surface area contributed by atoms with E-state index in [9.17, 15) is 4.79 Å². The zero-order valence-electron chi connectivity index (χ0n) is 24.7. The number of hydrogen-bond acceptors (Lipinski definition) is 5. The van der Waals surface area contributed by atoms with E-state index >= 15 is 0 Å². The fraction of sp³-hybridized carbons (Fsp3) is 0.531. The highest BCUT2D eigenvalue weighted by Gasteiger charge is 2.56. The number of benzene rings is 2. The number of guanidine groups is 1. The van der Waals surface area contributed by atoms with E-state index in [-0.39, 0.29) is 12.2 Å². The van der Waals surface area contributed by atoms with Crippen molar-refractivity contribution in [3.63, 3.8) is 0 Å². The normalized spacial score (nSPS) is 27.4. The minimum absolute atomic E-state index is 0.0982. The maximum absolute atomic E-state index is 13.2. The SMILES string of the molecule is C[C@@H]1C(N=C(Nc2ccc3c(=O)n(C)c(COc4ccc(Cl)cc4)nc3c2)N2CCN[C@@H](C)C2)C[C@@H]2C[C@H]1C2(C)C. The number of anilines is 1. The maximum atomic E-state index is 13.2. The average Bonchev–Trinajstić information content (AvgIpc) is 2.95. The minimum Gasteiger partial charge on any atom is -0.486 e. The van der Waals surface area contributed by atoms with Crippen LogP contribution in [0.1, 0.15) is 46.4 Å². The summed E-state index contributed by atoms with van der Waals surface area (Å²) in [5.41, 5.74) is 1.84. The number of ether oxygens (including phenoxy) is 1. The molecule has 3 aliphatic carbocycles. The molecule has 0 radical (unpaired) electrons. The van der Waals surface area contributed by atoms with Crippen molar-refractivity contribution in [2.24, 2.45) is 35.2 Å². The highest BCUT2D eigenvalue weighted by molar-refractivity contribution is 6.30. The van der Waals surface area contributed by atoms with Gasteiger partial charge in [-0.3, -0.25) is 9.36 Å². The maximum Gasteiger partial charge on any atom is 0.261 e. The lowest BCUT2D eigenvalue weighted by molar-refractivity contribution is -0.108. The number of nitrogens with zero attached hydrogens (tertiary/aromatic N) is 4. The van der Waals surface area contributed by atoms with Gasteiger partial charge in [0.05, 0.1) is 16.9 Å². The molecule has 218 valence electrons. The molecular formula is C32H41ClN6O2. The summed E-state index contributed by atoms with van der Waals surface area (Å²) < 4.78 is 7.46. The monoisotopic (exact) mass is 576 g/mol. The van der Waals surface area contributed by atoms with Crippen LogP contribution < -0.4 is 20.9 Å². The topological polar surface area (TPSA) is 83.8 Å². The Morgan fingerprint density at radius 2 is 1.98 bits per heavy atom. The average molecular weight is 577 g/mol. The van der Waals surface area contributed by atoms with Crippen LogP contribution in [0.5, 0.6) is 5.75 Å². The van der Waals surface area contributed by atoms with Crippen molar-refractivity contribution in [1.82, 2.24) is 19.8 Å². The Balaban J connectivity index is 1.28. The minimum atomic E-state index is -0.0982. The number of nitrogens with one attached hydrogen (secondary N) is 2. The molecule has 4 fully saturated rings. The number of rotatable bonds is 5. The Morgan fingerprint density at radius 1 is 1.20 bits per heavy atom. The largest absolute Gasteiger partial charge is 0.486 e. The molecule has 4 aliphatic rings. The predicted octanol–water partition coefficient (Wildman–Crippen LogP) is 5.30. The third-order valence-electron chi connectivity index (χ3n) is 9.88. The molecule has 1 aliphatic heterocycles. The first kappa shape index (κ1) is 28.0. The Bertz CT molecular complexity index is 1520. The molecule has 2 N–H and O–H groups in total. The first-order valence-electron chi connectivity index (χ1n) is 14.8. The van der Waals surface area contributed by atoms with Gasteiger partial charge in [0.2, 0.25) is 0 Å². The van der Waals surface area contributed by atoms with Crippen molar-refractivity contribution in [2.75, 3.05) is 25.0 Å². The Kier molecular flexibility index (Phi) is 7.49. The summed E-state index contributed by atoms with van der Waals surface area (Å²) in [6.45, 7) is 12.3. The summed E-state index contributed by atoms with van der Waals surface area (Å²) in [6, 6.07) is 13.6. The molecule has 2 heterocycles. The second kappa shape index (κ2) is 11.0. The van der Waals surface area contributed by atoms with Gasteiger partial charge in [0.15, 0.2) is 5.96 Å². The molecule has 1 saturated heterocycles. The van der Waals surface area contributed by atoms with E-state index in [1.54, 1.807) is 35.9 Å². The smallest absolute Gasteiger partial charge is 0.261 e. The van der Waals surface area contributed by atoms with Crippen molar-refractivity contribution in [3.05, 3.63) is 63.7 Å². The van der Waals surface area contributed by atoms with Crippen LogP contribution in [0.4, 0.5) is 5.69 Å². The predicted molar refractivity (Wildman–Crippen MR) is 166 cm³/mol. The van der Waals surface area contributed by atoms with Gasteiger partial charge in [0.1, 0.15) is 18.2 Å². The molecular weight excluding hydrogens is 536 g/mol. The van der Waals surface area contributed by atoms with Gasteiger partial charge >= 0.3 is 0 Å². The van der Waals surface area contributed by atoms with Crippen molar-refractivity contribution in [3.8, 4) is 5.75 Å². The Labute approximate surface area is 247 Å². The molecule has 3 saturated carbocycles. The zero-order valence-corrected chi connectivity index (χ0v) is 25.4. The molecule has 7 rings (SSSR count). The highest BCUT2D eigenvalue weighted by atomic mass is 35.5. The van der Waals surface area contributed by atoms with Crippen molar-refractivity contribution in [1.29, 1.82) is 0 Å². The lowest BCUT2D eigenvalue weighted by Gasteiger charge is -2.61. The van der Waals surface area contributed by atoms with E-state index in [0.717, 1.165) is 49.5 Å². The third-order valence-corrected chi connectivity index (χ3v) is 10.1. The number of halogens is 1. The molecule has 3 aromatic rings. The fourth-order valence-corrected chi connectivity index (χ4v) is 7.23. The summed E-state index contributed by atoms with van der Waals surface area (Å²) in [7, 11) is 1.73. The zero-order chi connectivity index (χ0) is 28.9. The summed E-state index contributed by atoms with van der Waals surface area (Å²) >= 11 is 5.99. The molecule has 5 atom stereocenters. The Hall–Kier alpha value is -3.10. The molecule has 8 nitrogen and oxygen atoms in total. The molecule has 1 unspecified atom stereocenters. The van der Waals surface area contributed by atoms with Crippen molar-refractivity contribution in [2.45, 2.75) is 59.2 Å². The highest BCUT2D eigenvalue weighted by Crippen LogP contribution is 2.61. The van der Waals surface area contributed by atoms with E-state index in [1.807, 2.05) is 18.2 Å². The van der Waals surface area contributed by atoms with Gasteiger partial charge < -0.3 is 20.3 Å². The summed E-state index contributed by atoms with van der Waals surface area (Å²) in [6.07, 6.45) is 2.48. The van der Waals surface area contributed by atoms with Crippen LogP contribution in [0, 0.1) is 23.2 Å². The van der Waals surface area contributed by atoms with Crippen LogP contribution in [0.3, 0.4) is 0 Å².